The molecule has 0 aliphatic heterocycles. The van der Waals surface area contributed by atoms with Gasteiger partial charge in [0.2, 0.25) is 0 Å². The Bertz CT molecular complexity index is 527. The molecule has 2 aromatic rings. The molecule has 0 radical (unpaired) electrons. The van der Waals surface area contributed by atoms with Crippen molar-refractivity contribution < 1.29 is 0 Å². The average molecular weight is 296 g/mol. The van der Waals surface area contributed by atoms with Crippen LogP contribution in [0.3, 0.4) is 0 Å². The Morgan fingerprint density at radius 1 is 1.42 bits per heavy atom. The van der Waals surface area contributed by atoms with Crippen molar-refractivity contribution in [1.29, 1.82) is 0 Å². The number of thiophene rings is 1. The van der Waals surface area contributed by atoms with Gasteiger partial charge in [-0.1, -0.05) is 17.7 Å². The van der Waals surface area contributed by atoms with Crippen LogP contribution in [0.2, 0.25) is 5.02 Å². The van der Waals surface area contributed by atoms with Gasteiger partial charge in [0.05, 0.1) is 16.8 Å². The van der Waals surface area contributed by atoms with Crippen molar-refractivity contribution >= 4 is 28.8 Å². The van der Waals surface area contributed by atoms with Gasteiger partial charge < -0.3 is 10.2 Å². The molecule has 5 heteroatoms. The van der Waals surface area contributed by atoms with Crippen molar-refractivity contribution in [1.82, 2.24) is 10.3 Å². The summed E-state index contributed by atoms with van der Waals surface area (Å²) in [5.41, 5.74) is 0.881. The molecule has 0 bridgehead atoms. The summed E-state index contributed by atoms with van der Waals surface area (Å²) >= 11 is 7.90. The molecule has 0 saturated heterocycles. The molecule has 0 aliphatic rings. The minimum Gasteiger partial charge on any atom is -0.352 e. The third-order valence-electron chi connectivity index (χ3n) is 3.15. The lowest BCUT2D eigenvalue weighted by atomic mass is 10.2. The minimum absolute atomic E-state index is 0.302. The van der Waals surface area contributed by atoms with E-state index in [1.54, 1.807) is 11.3 Å². The Balaban J connectivity index is 2.23. The van der Waals surface area contributed by atoms with Crippen LogP contribution < -0.4 is 10.2 Å². The van der Waals surface area contributed by atoms with Crippen LogP contribution >= 0.6 is 22.9 Å². The van der Waals surface area contributed by atoms with Gasteiger partial charge in [-0.15, -0.1) is 11.3 Å². The van der Waals surface area contributed by atoms with Crippen molar-refractivity contribution in [2.45, 2.75) is 19.5 Å². The van der Waals surface area contributed by atoms with Gasteiger partial charge in [0.15, 0.2) is 0 Å². The fourth-order valence-corrected chi connectivity index (χ4v) is 2.88. The molecule has 1 N–H and O–H groups in total. The number of nitrogens with one attached hydrogen (secondary N) is 1. The normalized spacial score (nSPS) is 12.4. The minimum atomic E-state index is 0.302. The molecule has 3 nitrogen and oxygen atoms in total. The van der Waals surface area contributed by atoms with Crippen LogP contribution in [0.25, 0.3) is 0 Å². The van der Waals surface area contributed by atoms with E-state index in [1.165, 1.54) is 4.88 Å². The van der Waals surface area contributed by atoms with Gasteiger partial charge in [-0.05, 0) is 37.6 Å². The van der Waals surface area contributed by atoms with Crippen LogP contribution in [0.15, 0.2) is 29.6 Å². The molecule has 0 amide bonds. The SMILES string of the molecule is CNCc1nc(N(C)C(C)c2cccs2)ccc1Cl. The zero-order valence-corrected chi connectivity index (χ0v) is 12.9. The van der Waals surface area contributed by atoms with Crippen LogP contribution in [0.5, 0.6) is 0 Å². The van der Waals surface area contributed by atoms with Gasteiger partial charge in [-0.2, -0.15) is 0 Å². The van der Waals surface area contributed by atoms with Gasteiger partial charge in [-0.3, -0.25) is 0 Å². The Hall–Kier alpha value is -1.10. The second-order valence-electron chi connectivity index (χ2n) is 4.43. The molecular formula is C14H18ClN3S. The zero-order chi connectivity index (χ0) is 13.8. The molecule has 19 heavy (non-hydrogen) atoms. The largest absolute Gasteiger partial charge is 0.352 e. The first-order valence-corrected chi connectivity index (χ1v) is 7.45. The Labute approximate surface area is 123 Å². The van der Waals surface area contributed by atoms with Gasteiger partial charge in [0, 0.05) is 18.5 Å². The average Bonchev–Trinajstić information content (AvgIpc) is 2.94. The first kappa shape index (κ1) is 14.3. The molecule has 2 aromatic heterocycles. The predicted octanol–water partition coefficient (Wildman–Crippen LogP) is 3.71. The van der Waals surface area contributed by atoms with Gasteiger partial charge in [0.25, 0.3) is 0 Å². The van der Waals surface area contributed by atoms with Gasteiger partial charge >= 0.3 is 0 Å². The summed E-state index contributed by atoms with van der Waals surface area (Å²) < 4.78 is 0. The maximum atomic E-state index is 6.14. The Kier molecular flexibility index (Phi) is 4.80. The lowest BCUT2D eigenvalue weighted by Gasteiger charge is -2.25. The quantitative estimate of drug-likeness (QED) is 0.911. The highest BCUT2D eigenvalue weighted by molar-refractivity contribution is 7.10. The second-order valence-corrected chi connectivity index (χ2v) is 5.82. The summed E-state index contributed by atoms with van der Waals surface area (Å²) in [4.78, 5) is 8.13. The zero-order valence-electron chi connectivity index (χ0n) is 11.4. The van der Waals surface area contributed by atoms with E-state index in [2.05, 4.69) is 46.7 Å². The molecule has 0 aromatic carbocycles. The summed E-state index contributed by atoms with van der Waals surface area (Å²) in [6.07, 6.45) is 0. The van der Waals surface area contributed by atoms with Crippen molar-refractivity contribution in [2.24, 2.45) is 0 Å². The predicted molar refractivity (Wildman–Crippen MR) is 83.1 cm³/mol. The van der Waals surface area contributed by atoms with Crippen molar-refractivity contribution in [3.63, 3.8) is 0 Å². The number of hydrogen-bond donors (Lipinski definition) is 1. The van der Waals surface area contributed by atoms with Crippen molar-refractivity contribution in [2.75, 3.05) is 19.0 Å². The highest BCUT2D eigenvalue weighted by Gasteiger charge is 2.15. The molecular weight excluding hydrogens is 278 g/mol. The van der Waals surface area contributed by atoms with Crippen LogP contribution in [-0.2, 0) is 6.54 Å². The van der Waals surface area contributed by atoms with Crippen LogP contribution in [0.4, 0.5) is 5.82 Å². The molecule has 0 saturated carbocycles. The maximum absolute atomic E-state index is 6.14. The number of pyridine rings is 1. The number of rotatable bonds is 5. The molecule has 0 fully saturated rings. The van der Waals surface area contributed by atoms with Crippen molar-refractivity contribution in [3.05, 3.63) is 45.2 Å². The number of aromatic nitrogens is 1. The van der Waals surface area contributed by atoms with Crippen molar-refractivity contribution in [3.8, 4) is 0 Å². The molecule has 2 rings (SSSR count). The van der Waals surface area contributed by atoms with Gasteiger partial charge in [0.1, 0.15) is 5.82 Å². The molecule has 2 heterocycles. The topological polar surface area (TPSA) is 28.2 Å². The Morgan fingerprint density at radius 3 is 2.84 bits per heavy atom. The maximum Gasteiger partial charge on any atom is 0.129 e. The fourth-order valence-electron chi connectivity index (χ4n) is 1.88. The molecule has 1 unspecified atom stereocenters. The van der Waals surface area contributed by atoms with E-state index >= 15 is 0 Å². The summed E-state index contributed by atoms with van der Waals surface area (Å²) in [7, 11) is 3.95. The first-order valence-electron chi connectivity index (χ1n) is 6.19. The second kappa shape index (κ2) is 6.37. The number of nitrogens with zero attached hydrogens (tertiary/aromatic N) is 2. The van der Waals surface area contributed by atoms with Crippen LogP contribution in [0, 0.1) is 0 Å². The fraction of sp³-hybridized carbons (Fsp3) is 0.357. The third-order valence-corrected chi connectivity index (χ3v) is 4.53. The standard InChI is InChI=1S/C14H18ClN3S/c1-10(13-5-4-8-19-13)18(3)14-7-6-11(15)12(17-14)9-16-2/h4-8,10,16H,9H2,1-3H3. The molecule has 0 aliphatic carbocycles. The van der Waals surface area contributed by atoms with E-state index in [4.69, 9.17) is 11.6 Å². The highest BCUT2D eigenvalue weighted by Crippen LogP contribution is 2.28. The van der Waals surface area contributed by atoms with Crippen LogP contribution in [0.1, 0.15) is 23.5 Å². The van der Waals surface area contributed by atoms with E-state index in [0.29, 0.717) is 17.6 Å². The summed E-state index contributed by atoms with van der Waals surface area (Å²) in [5.74, 6) is 0.940. The first-order chi connectivity index (χ1) is 9.13. The van der Waals surface area contributed by atoms with E-state index in [1.807, 2.05) is 19.2 Å². The highest BCUT2D eigenvalue weighted by atomic mass is 35.5. The third kappa shape index (κ3) is 3.26. The summed E-state index contributed by atoms with van der Waals surface area (Å²) in [6.45, 7) is 2.85. The smallest absolute Gasteiger partial charge is 0.129 e. The monoisotopic (exact) mass is 295 g/mol. The lowest BCUT2D eigenvalue weighted by Crippen LogP contribution is -2.22. The summed E-state index contributed by atoms with van der Waals surface area (Å²) in [6, 6.07) is 8.40. The molecule has 0 spiro atoms. The Morgan fingerprint density at radius 2 is 2.21 bits per heavy atom. The van der Waals surface area contributed by atoms with Crippen LogP contribution in [-0.4, -0.2) is 19.1 Å². The number of hydrogen-bond acceptors (Lipinski definition) is 4. The van der Waals surface area contributed by atoms with E-state index in [-0.39, 0.29) is 0 Å². The summed E-state index contributed by atoms with van der Waals surface area (Å²) in [5, 5.41) is 5.89. The number of halogens is 1. The lowest BCUT2D eigenvalue weighted by molar-refractivity contribution is 0.730. The van der Waals surface area contributed by atoms with E-state index in [0.717, 1.165) is 11.5 Å². The molecule has 102 valence electrons. The number of anilines is 1. The van der Waals surface area contributed by atoms with E-state index < -0.39 is 0 Å². The van der Waals surface area contributed by atoms with Gasteiger partial charge in [-0.25, -0.2) is 4.98 Å². The molecule has 1 atom stereocenters. The van der Waals surface area contributed by atoms with E-state index in [9.17, 15) is 0 Å².